The van der Waals surface area contributed by atoms with Crippen LogP contribution in [0.4, 0.5) is 0 Å². The van der Waals surface area contributed by atoms with Crippen molar-refractivity contribution in [3.63, 3.8) is 0 Å². The van der Waals surface area contributed by atoms with Crippen LogP contribution in [-0.2, 0) is 0 Å². The second-order valence-electron chi connectivity index (χ2n) is 3.39. The third kappa shape index (κ3) is 1.99. The van der Waals surface area contributed by atoms with Gasteiger partial charge in [0.05, 0.1) is 12.8 Å². The van der Waals surface area contributed by atoms with Crippen LogP contribution < -0.4 is 4.74 Å². The number of aromatic nitrogens is 2. The van der Waals surface area contributed by atoms with Gasteiger partial charge in [0.15, 0.2) is 5.15 Å². The molecular formula is C12H11ClN2O. The largest absolute Gasteiger partial charge is 0.496 e. The molecule has 82 valence electrons. The van der Waals surface area contributed by atoms with E-state index in [-0.39, 0.29) is 0 Å². The molecule has 2 rings (SSSR count). The molecule has 0 radical (unpaired) electrons. The topological polar surface area (TPSA) is 35.0 Å². The molecule has 1 aromatic carbocycles. The van der Waals surface area contributed by atoms with Gasteiger partial charge in [0.2, 0.25) is 0 Å². The molecule has 0 N–H and O–H groups in total. The summed E-state index contributed by atoms with van der Waals surface area (Å²) < 4.78 is 5.29. The molecule has 0 saturated heterocycles. The number of hydrogen-bond donors (Lipinski definition) is 0. The quantitative estimate of drug-likeness (QED) is 0.801. The minimum Gasteiger partial charge on any atom is -0.496 e. The number of methoxy groups -OCH3 is 1. The Kier molecular flexibility index (Phi) is 3.06. The van der Waals surface area contributed by atoms with Crippen LogP contribution in [0.15, 0.2) is 30.3 Å². The maximum absolute atomic E-state index is 6.03. The zero-order chi connectivity index (χ0) is 11.5. The highest BCUT2D eigenvalue weighted by atomic mass is 35.5. The number of ether oxygens (including phenoxy) is 1. The molecule has 0 fully saturated rings. The predicted octanol–water partition coefficient (Wildman–Crippen LogP) is 3.11. The third-order valence-electron chi connectivity index (χ3n) is 2.27. The molecule has 0 atom stereocenters. The number of benzene rings is 1. The van der Waals surface area contributed by atoms with Crippen LogP contribution in [0.2, 0.25) is 5.15 Å². The number of para-hydroxylation sites is 1. The standard InChI is InChI=1S/C12H11ClN2O/c1-8-7-10(12(13)15-14-8)9-5-3-4-6-11(9)16-2/h3-7H,1-2H3. The maximum Gasteiger partial charge on any atom is 0.159 e. The van der Waals surface area contributed by atoms with Crippen molar-refractivity contribution in [3.05, 3.63) is 41.2 Å². The van der Waals surface area contributed by atoms with Gasteiger partial charge in [0.1, 0.15) is 5.75 Å². The molecule has 0 bridgehead atoms. The molecule has 0 unspecified atom stereocenters. The van der Waals surface area contributed by atoms with E-state index in [0.717, 1.165) is 22.6 Å². The summed E-state index contributed by atoms with van der Waals surface area (Å²) >= 11 is 6.03. The Hall–Kier alpha value is -1.61. The Balaban J connectivity index is 2.62. The van der Waals surface area contributed by atoms with Crippen LogP contribution in [0.5, 0.6) is 5.75 Å². The van der Waals surface area contributed by atoms with Gasteiger partial charge in [-0.1, -0.05) is 29.8 Å². The molecule has 1 aromatic heterocycles. The summed E-state index contributed by atoms with van der Waals surface area (Å²) in [4.78, 5) is 0. The average molecular weight is 235 g/mol. The summed E-state index contributed by atoms with van der Waals surface area (Å²) in [7, 11) is 1.63. The van der Waals surface area contributed by atoms with Crippen LogP contribution in [0.3, 0.4) is 0 Å². The highest BCUT2D eigenvalue weighted by molar-refractivity contribution is 6.32. The van der Waals surface area contributed by atoms with Gasteiger partial charge in [-0.15, -0.1) is 5.10 Å². The number of hydrogen-bond acceptors (Lipinski definition) is 3. The lowest BCUT2D eigenvalue weighted by Gasteiger charge is -2.09. The number of aryl methyl sites for hydroxylation is 1. The molecule has 1 heterocycles. The fraction of sp³-hybridized carbons (Fsp3) is 0.167. The van der Waals surface area contributed by atoms with E-state index in [2.05, 4.69) is 10.2 Å². The lowest BCUT2D eigenvalue weighted by molar-refractivity contribution is 0.416. The van der Waals surface area contributed by atoms with E-state index >= 15 is 0 Å². The van der Waals surface area contributed by atoms with E-state index in [0.29, 0.717) is 5.15 Å². The zero-order valence-electron chi connectivity index (χ0n) is 9.07. The minimum absolute atomic E-state index is 0.384. The first-order chi connectivity index (χ1) is 7.72. The molecule has 0 saturated carbocycles. The van der Waals surface area contributed by atoms with Gasteiger partial charge in [-0.3, -0.25) is 0 Å². The molecule has 2 aromatic rings. The average Bonchev–Trinajstić information content (AvgIpc) is 2.32. The van der Waals surface area contributed by atoms with Crippen LogP contribution in [-0.4, -0.2) is 17.3 Å². The predicted molar refractivity (Wildman–Crippen MR) is 63.8 cm³/mol. The van der Waals surface area contributed by atoms with Crippen LogP contribution in [0, 0.1) is 6.92 Å². The highest BCUT2D eigenvalue weighted by Crippen LogP contribution is 2.33. The molecular weight excluding hydrogens is 224 g/mol. The Bertz CT molecular complexity index is 514. The molecule has 3 nitrogen and oxygen atoms in total. The highest BCUT2D eigenvalue weighted by Gasteiger charge is 2.10. The summed E-state index contributed by atoms with van der Waals surface area (Å²) in [6, 6.07) is 9.58. The molecule has 4 heteroatoms. The summed E-state index contributed by atoms with van der Waals surface area (Å²) in [6.45, 7) is 1.88. The van der Waals surface area contributed by atoms with Gasteiger partial charge in [-0.2, -0.15) is 5.10 Å². The van der Waals surface area contributed by atoms with Crippen LogP contribution in [0.25, 0.3) is 11.1 Å². The Morgan fingerprint density at radius 1 is 1.12 bits per heavy atom. The second-order valence-corrected chi connectivity index (χ2v) is 3.75. The maximum atomic E-state index is 6.03. The molecule has 0 aliphatic rings. The summed E-state index contributed by atoms with van der Waals surface area (Å²) in [5.74, 6) is 0.775. The Morgan fingerprint density at radius 3 is 2.62 bits per heavy atom. The van der Waals surface area contributed by atoms with Crippen molar-refractivity contribution in [2.45, 2.75) is 6.92 Å². The van der Waals surface area contributed by atoms with Crippen molar-refractivity contribution in [1.82, 2.24) is 10.2 Å². The fourth-order valence-corrected chi connectivity index (χ4v) is 1.72. The van der Waals surface area contributed by atoms with Gasteiger partial charge in [-0.25, -0.2) is 0 Å². The summed E-state index contributed by atoms with van der Waals surface area (Å²) in [6.07, 6.45) is 0. The van der Waals surface area contributed by atoms with Crippen molar-refractivity contribution < 1.29 is 4.74 Å². The van der Waals surface area contributed by atoms with Gasteiger partial charge in [0.25, 0.3) is 0 Å². The second kappa shape index (κ2) is 4.49. The van der Waals surface area contributed by atoms with Gasteiger partial charge in [0, 0.05) is 11.1 Å². The van der Waals surface area contributed by atoms with Gasteiger partial charge >= 0.3 is 0 Å². The monoisotopic (exact) mass is 234 g/mol. The van der Waals surface area contributed by atoms with Crippen LogP contribution >= 0.6 is 11.6 Å². The SMILES string of the molecule is COc1ccccc1-c1cc(C)nnc1Cl. The van der Waals surface area contributed by atoms with Crippen molar-refractivity contribution in [2.24, 2.45) is 0 Å². The molecule has 0 aliphatic carbocycles. The lowest BCUT2D eigenvalue weighted by Crippen LogP contribution is -1.93. The molecule has 16 heavy (non-hydrogen) atoms. The summed E-state index contributed by atoms with van der Waals surface area (Å²) in [5.41, 5.74) is 2.59. The molecule has 0 aliphatic heterocycles. The number of rotatable bonds is 2. The fourth-order valence-electron chi connectivity index (χ4n) is 1.53. The number of halogens is 1. The molecule has 0 amide bonds. The van der Waals surface area contributed by atoms with E-state index in [1.807, 2.05) is 37.3 Å². The van der Waals surface area contributed by atoms with E-state index in [1.165, 1.54) is 0 Å². The Labute approximate surface area is 99.0 Å². The lowest BCUT2D eigenvalue weighted by atomic mass is 10.1. The van der Waals surface area contributed by atoms with E-state index < -0.39 is 0 Å². The van der Waals surface area contributed by atoms with Gasteiger partial charge in [-0.05, 0) is 19.1 Å². The first-order valence-corrected chi connectivity index (χ1v) is 5.23. The first-order valence-electron chi connectivity index (χ1n) is 4.85. The van der Waals surface area contributed by atoms with Crippen molar-refractivity contribution in [2.75, 3.05) is 7.11 Å². The van der Waals surface area contributed by atoms with E-state index in [4.69, 9.17) is 16.3 Å². The van der Waals surface area contributed by atoms with Crippen molar-refractivity contribution in [1.29, 1.82) is 0 Å². The zero-order valence-corrected chi connectivity index (χ0v) is 9.82. The smallest absolute Gasteiger partial charge is 0.159 e. The van der Waals surface area contributed by atoms with E-state index in [9.17, 15) is 0 Å². The van der Waals surface area contributed by atoms with E-state index in [1.54, 1.807) is 7.11 Å². The van der Waals surface area contributed by atoms with Crippen molar-refractivity contribution >= 4 is 11.6 Å². The van der Waals surface area contributed by atoms with Gasteiger partial charge < -0.3 is 4.74 Å². The minimum atomic E-state index is 0.384. The molecule has 0 spiro atoms. The van der Waals surface area contributed by atoms with Crippen molar-refractivity contribution in [3.8, 4) is 16.9 Å². The summed E-state index contributed by atoms with van der Waals surface area (Å²) in [5, 5.41) is 8.17. The first kappa shape index (κ1) is 10.9. The Morgan fingerprint density at radius 2 is 1.88 bits per heavy atom. The van der Waals surface area contributed by atoms with Crippen LogP contribution in [0.1, 0.15) is 5.69 Å². The number of nitrogens with zero attached hydrogens (tertiary/aromatic N) is 2. The normalized spacial score (nSPS) is 10.2. The third-order valence-corrected chi connectivity index (χ3v) is 2.55.